The summed E-state index contributed by atoms with van der Waals surface area (Å²) in [5.41, 5.74) is 0.756. The highest BCUT2D eigenvalue weighted by molar-refractivity contribution is 7.39. The van der Waals surface area contributed by atoms with E-state index in [1.807, 2.05) is 18.2 Å². The van der Waals surface area contributed by atoms with Crippen molar-refractivity contribution in [2.75, 3.05) is 7.11 Å². The Labute approximate surface area is 84.6 Å². The van der Waals surface area contributed by atoms with Gasteiger partial charge in [-0.3, -0.25) is 0 Å². The second-order valence-corrected chi connectivity index (χ2v) is 5.20. The molecule has 0 saturated heterocycles. The van der Waals surface area contributed by atoms with E-state index >= 15 is 0 Å². The van der Waals surface area contributed by atoms with Gasteiger partial charge < -0.3 is 4.74 Å². The lowest BCUT2D eigenvalue weighted by molar-refractivity contribution is 0.400. The third-order valence-corrected chi connectivity index (χ3v) is 3.44. The Balaban J connectivity index is 3.24. The summed E-state index contributed by atoms with van der Waals surface area (Å²) < 4.78 is 16.3. The first-order valence-electron chi connectivity index (χ1n) is 4.30. The van der Waals surface area contributed by atoms with Gasteiger partial charge in [0.05, 0.1) is 12.7 Å². The zero-order valence-corrected chi connectivity index (χ0v) is 9.41. The smallest absolute Gasteiger partial charge is 0.496 e. The summed E-state index contributed by atoms with van der Waals surface area (Å²) in [6.45, 7) is 3.45. The fourth-order valence-corrected chi connectivity index (χ4v) is 1.64. The van der Waals surface area contributed by atoms with E-state index in [1.54, 1.807) is 27.0 Å². The van der Waals surface area contributed by atoms with Crippen LogP contribution in [-0.2, 0) is 9.72 Å². The topological polar surface area (TPSA) is 46.5 Å². The normalized spacial score (nSPS) is 12.4. The molecule has 4 heteroatoms. The number of hydrogen-bond donors (Lipinski definition) is 1. The maximum absolute atomic E-state index is 11.2. The summed E-state index contributed by atoms with van der Waals surface area (Å²) in [6, 6.07) is 7.26. The van der Waals surface area contributed by atoms with Crippen LogP contribution in [0.25, 0.3) is 0 Å². The van der Waals surface area contributed by atoms with Crippen molar-refractivity contribution in [3.63, 3.8) is 0 Å². The molecule has 0 aliphatic heterocycles. The lowest BCUT2D eigenvalue weighted by atomic mass is 10.0. The number of rotatable bonds is 3. The zero-order chi connectivity index (χ0) is 10.8. The maximum Gasteiger partial charge on any atom is 0.516 e. The molecule has 0 fully saturated rings. The van der Waals surface area contributed by atoms with Crippen molar-refractivity contribution >= 4 is 8.03 Å². The number of para-hydroxylation sites is 1. The molecule has 0 saturated carbocycles. The van der Waals surface area contributed by atoms with Crippen molar-refractivity contribution in [3.05, 3.63) is 29.8 Å². The maximum atomic E-state index is 11.2. The first-order chi connectivity index (χ1) is 6.50. The summed E-state index contributed by atoms with van der Waals surface area (Å²) in [6.07, 6.45) is 0. The minimum atomic E-state index is -2.27. The average Bonchev–Trinajstić information content (AvgIpc) is 2.17. The van der Waals surface area contributed by atoms with E-state index in [4.69, 9.17) is 4.74 Å². The summed E-state index contributed by atoms with van der Waals surface area (Å²) in [5.74, 6) is 0.648. The lowest BCUT2D eigenvalue weighted by Gasteiger charge is -2.14. The fourth-order valence-electron chi connectivity index (χ4n) is 1.25. The van der Waals surface area contributed by atoms with Crippen LogP contribution in [0.4, 0.5) is 0 Å². The Morgan fingerprint density at radius 3 is 2.43 bits per heavy atom. The van der Waals surface area contributed by atoms with Gasteiger partial charge in [-0.2, -0.15) is 4.89 Å². The number of benzene rings is 1. The van der Waals surface area contributed by atoms with Gasteiger partial charge in [-0.1, -0.05) is 18.2 Å². The number of methoxy groups -OCH3 is 1. The Kier molecular flexibility index (Phi) is 3.25. The van der Waals surface area contributed by atoms with Gasteiger partial charge in [0.1, 0.15) is 5.75 Å². The van der Waals surface area contributed by atoms with Gasteiger partial charge in [-0.05, 0) is 24.5 Å². The van der Waals surface area contributed by atoms with E-state index in [0.29, 0.717) is 5.75 Å². The van der Waals surface area contributed by atoms with Crippen molar-refractivity contribution in [1.29, 1.82) is 0 Å². The van der Waals surface area contributed by atoms with Gasteiger partial charge in [0.15, 0.2) is 0 Å². The minimum absolute atomic E-state index is 0.648. The summed E-state index contributed by atoms with van der Waals surface area (Å²) in [5, 5.41) is -0.776. The molecule has 0 amide bonds. The first kappa shape index (κ1) is 11.2. The fraction of sp³-hybridized carbons (Fsp3) is 0.400. The highest BCUT2D eigenvalue weighted by Crippen LogP contribution is 2.46. The average molecular weight is 213 g/mol. The Hall–Kier alpha value is -0.920. The van der Waals surface area contributed by atoms with Crippen molar-refractivity contribution < 1.29 is 14.2 Å². The minimum Gasteiger partial charge on any atom is -0.496 e. The van der Waals surface area contributed by atoms with Crippen molar-refractivity contribution in [1.82, 2.24) is 0 Å². The van der Waals surface area contributed by atoms with Crippen LogP contribution in [0.3, 0.4) is 0 Å². The van der Waals surface area contributed by atoms with Gasteiger partial charge in [0.25, 0.3) is 0 Å². The van der Waals surface area contributed by atoms with E-state index in [1.165, 1.54) is 0 Å². The van der Waals surface area contributed by atoms with Crippen molar-refractivity contribution in [2.45, 2.75) is 19.0 Å². The molecule has 76 valence electrons. The van der Waals surface area contributed by atoms with E-state index in [-0.39, 0.29) is 0 Å². The molecule has 0 radical (unpaired) electrons. The zero-order valence-electron chi connectivity index (χ0n) is 8.52. The Bertz CT molecular complexity index is 347. The monoisotopic (exact) mass is 213 g/mol. The summed E-state index contributed by atoms with van der Waals surface area (Å²) in [4.78, 5) is 9.21. The molecule has 1 aromatic rings. The van der Waals surface area contributed by atoms with E-state index in [2.05, 4.69) is 0 Å². The molecule has 1 atom stereocenters. The van der Waals surface area contributed by atoms with Crippen LogP contribution < -0.4 is 4.74 Å². The summed E-state index contributed by atoms with van der Waals surface area (Å²) >= 11 is 0. The highest BCUT2D eigenvalue weighted by atomic mass is 31.1. The number of ether oxygens (including phenoxy) is 1. The molecule has 3 nitrogen and oxygen atoms in total. The Morgan fingerprint density at radius 1 is 1.36 bits per heavy atom. The quantitative estimate of drug-likeness (QED) is 0.785. The SMILES string of the molecule is COc1ccccc1C(C)(C)[P+](=O)O. The molecule has 0 aliphatic carbocycles. The molecule has 0 aliphatic rings. The molecule has 1 N–H and O–H groups in total. The van der Waals surface area contributed by atoms with Gasteiger partial charge in [0.2, 0.25) is 5.16 Å². The van der Waals surface area contributed by atoms with Crippen LogP contribution in [0, 0.1) is 0 Å². The van der Waals surface area contributed by atoms with Crippen LogP contribution in [0.2, 0.25) is 0 Å². The predicted octanol–water partition coefficient (Wildman–Crippen LogP) is 2.67. The first-order valence-corrected chi connectivity index (χ1v) is 5.51. The molecular formula is C10H14O3P+. The molecular weight excluding hydrogens is 199 g/mol. The van der Waals surface area contributed by atoms with Crippen LogP contribution in [-0.4, -0.2) is 12.0 Å². The predicted molar refractivity (Wildman–Crippen MR) is 55.8 cm³/mol. The second-order valence-electron chi connectivity index (χ2n) is 3.53. The van der Waals surface area contributed by atoms with Gasteiger partial charge in [0, 0.05) is 0 Å². The second kappa shape index (κ2) is 4.07. The van der Waals surface area contributed by atoms with Gasteiger partial charge >= 0.3 is 8.03 Å². The van der Waals surface area contributed by atoms with Crippen molar-refractivity contribution in [3.8, 4) is 5.75 Å². The van der Waals surface area contributed by atoms with Crippen LogP contribution in [0.1, 0.15) is 19.4 Å². The lowest BCUT2D eigenvalue weighted by Crippen LogP contribution is -2.12. The molecule has 0 heterocycles. The molecule has 1 rings (SSSR count). The van der Waals surface area contributed by atoms with Gasteiger partial charge in [-0.15, -0.1) is 0 Å². The third-order valence-electron chi connectivity index (χ3n) is 2.24. The van der Waals surface area contributed by atoms with Crippen LogP contribution in [0.5, 0.6) is 5.75 Å². The van der Waals surface area contributed by atoms with E-state index in [0.717, 1.165) is 5.56 Å². The van der Waals surface area contributed by atoms with E-state index in [9.17, 15) is 9.46 Å². The molecule has 14 heavy (non-hydrogen) atoms. The van der Waals surface area contributed by atoms with E-state index < -0.39 is 13.2 Å². The van der Waals surface area contributed by atoms with Crippen LogP contribution in [0.15, 0.2) is 24.3 Å². The third kappa shape index (κ3) is 1.94. The van der Waals surface area contributed by atoms with Gasteiger partial charge in [-0.25, -0.2) is 0 Å². The molecule has 0 bridgehead atoms. The molecule has 1 aromatic carbocycles. The molecule has 0 spiro atoms. The van der Waals surface area contributed by atoms with Crippen LogP contribution >= 0.6 is 8.03 Å². The standard InChI is InChI=1S/C10H13O3P/c1-10(2,14(11)12)8-6-4-5-7-9(8)13-3/h4-7H,1-3H3/p+1. The number of hydrogen-bond acceptors (Lipinski definition) is 2. The molecule has 0 aromatic heterocycles. The Morgan fingerprint density at radius 2 is 1.93 bits per heavy atom. The van der Waals surface area contributed by atoms with Crippen molar-refractivity contribution in [2.24, 2.45) is 0 Å². The highest BCUT2D eigenvalue weighted by Gasteiger charge is 2.43. The molecule has 1 unspecified atom stereocenters. The summed E-state index contributed by atoms with van der Waals surface area (Å²) in [7, 11) is -0.717. The largest absolute Gasteiger partial charge is 0.516 e.